The molecule has 3 rings (SSSR count). The molecule has 0 aliphatic carbocycles. The molecule has 0 spiro atoms. The second kappa shape index (κ2) is 6.23. The van der Waals surface area contributed by atoms with Crippen LogP contribution in [0.3, 0.4) is 0 Å². The highest BCUT2D eigenvalue weighted by Crippen LogP contribution is 2.21. The third-order valence-corrected chi connectivity index (χ3v) is 4.78. The molecule has 2 aromatic heterocycles. The van der Waals surface area contributed by atoms with Crippen LogP contribution in [0.2, 0.25) is 0 Å². The lowest BCUT2D eigenvalue weighted by Gasteiger charge is -2.01. The van der Waals surface area contributed by atoms with Crippen LogP contribution < -0.4 is 5.32 Å². The van der Waals surface area contributed by atoms with E-state index in [1.165, 1.54) is 0 Å². The molecule has 0 fully saturated rings. The summed E-state index contributed by atoms with van der Waals surface area (Å²) in [5.41, 5.74) is 1.30. The van der Waals surface area contributed by atoms with Gasteiger partial charge in [0.2, 0.25) is 0 Å². The molecule has 0 bridgehead atoms. The first-order chi connectivity index (χ1) is 10.2. The maximum atomic E-state index is 12.1. The van der Waals surface area contributed by atoms with E-state index < -0.39 is 0 Å². The van der Waals surface area contributed by atoms with Crippen molar-refractivity contribution in [3.63, 3.8) is 0 Å². The molecular formula is C13H13N5OS2. The first-order valence-corrected chi connectivity index (χ1v) is 8.18. The van der Waals surface area contributed by atoms with Crippen molar-refractivity contribution in [3.8, 4) is 0 Å². The van der Waals surface area contributed by atoms with E-state index in [1.807, 2.05) is 31.2 Å². The maximum absolute atomic E-state index is 12.1. The number of nitrogens with zero attached hydrogens (tertiary/aromatic N) is 3. The number of aryl methyl sites for hydroxylation is 1. The first kappa shape index (κ1) is 14.0. The molecule has 0 unspecified atom stereocenters. The number of benzene rings is 1. The van der Waals surface area contributed by atoms with Crippen LogP contribution in [-0.2, 0) is 0 Å². The minimum Gasteiger partial charge on any atom is -0.350 e. The predicted octanol–water partition coefficient (Wildman–Crippen LogP) is 2.24. The van der Waals surface area contributed by atoms with Gasteiger partial charge in [-0.05, 0) is 13.0 Å². The molecule has 0 aliphatic rings. The van der Waals surface area contributed by atoms with E-state index in [0.717, 1.165) is 26.0 Å². The predicted molar refractivity (Wildman–Crippen MR) is 83.8 cm³/mol. The molecule has 2 N–H and O–H groups in total. The average molecular weight is 319 g/mol. The number of amides is 1. The Hall–Kier alpha value is -1.93. The van der Waals surface area contributed by atoms with E-state index in [0.29, 0.717) is 12.2 Å². The van der Waals surface area contributed by atoms with E-state index in [1.54, 1.807) is 23.1 Å². The third kappa shape index (κ3) is 3.22. The molecule has 0 saturated carbocycles. The summed E-state index contributed by atoms with van der Waals surface area (Å²) in [5, 5.41) is 19.6. The molecule has 108 valence electrons. The molecule has 21 heavy (non-hydrogen) atoms. The molecular weight excluding hydrogens is 306 g/mol. The standard InChI is InChI=1S/C13H13N5OS2/c1-8-15-18-13(21-8)20-7-6-14-12(19)11-9-4-2-3-5-10(9)16-17-11/h2-5H,6-7H2,1H3,(H,14,19)(H,16,17). The lowest BCUT2D eigenvalue weighted by atomic mass is 10.2. The summed E-state index contributed by atoms with van der Waals surface area (Å²) in [7, 11) is 0. The summed E-state index contributed by atoms with van der Waals surface area (Å²) in [4.78, 5) is 12.1. The second-order valence-electron chi connectivity index (χ2n) is 4.31. The lowest BCUT2D eigenvalue weighted by Crippen LogP contribution is -2.26. The van der Waals surface area contributed by atoms with Gasteiger partial charge in [0.05, 0.1) is 5.52 Å². The zero-order valence-electron chi connectivity index (χ0n) is 11.3. The maximum Gasteiger partial charge on any atom is 0.272 e. The molecule has 6 nitrogen and oxygen atoms in total. The van der Waals surface area contributed by atoms with Gasteiger partial charge in [-0.15, -0.1) is 10.2 Å². The Bertz CT molecular complexity index is 767. The fourth-order valence-corrected chi connectivity index (χ4v) is 3.60. The Morgan fingerprint density at radius 2 is 2.24 bits per heavy atom. The second-order valence-corrected chi connectivity index (χ2v) is 6.83. The minimum absolute atomic E-state index is 0.165. The number of carbonyl (C=O) groups is 1. The number of para-hydroxylation sites is 1. The lowest BCUT2D eigenvalue weighted by molar-refractivity contribution is 0.0953. The van der Waals surface area contributed by atoms with Gasteiger partial charge in [-0.3, -0.25) is 9.89 Å². The molecule has 0 aliphatic heterocycles. The Balaban J connectivity index is 1.54. The topological polar surface area (TPSA) is 83.6 Å². The van der Waals surface area contributed by atoms with Crippen LogP contribution in [0, 0.1) is 6.92 Å². The van der Waals surface area contributed by atoms with E-state index >= 15 is 0 Å². The van der Waals surface area contributed by atoms with E-state index in [4.69, 9.17) is 0 Å². The normalized spacial score (nSPS) is 10.9. The van der Waals surface area contributed by atoms with Crippen LogP contribution >= 0.6 is 23.1 Å². The van der Waals surface area contributed by atoms with Gasteiger partial charge in [-0.2, -0.15) is 5.10 Å². The Morgan fingerprint density at radius 3 is 3.05 bits per heavy atom. The molecule has 3 aromatic rings. The molecule has 2 heterocycles. The van der Waals surface area contributed by atoms with Gasteiger partial charge < -0.3 is 5.32 Å². The van der Waals surface area contributed by atoms with Crippen molar-refractivity contribution in [1.82, 2.24) is 25.7 Å². The zero-order valence-corrected chi connectivity index (χ0v) is 12.9. The summed E-state index contributed by atoms with van der Waals surface area (Å²) in [6, 6.07) is 7.57. The molecule has 1 amide bonds. The number of rotatable bonds is 5. The van der Waals surface area contributed by atoms with Gasteiger partial charge in [-0.1, -0.05) is 41.3 Å². The van der Waals surface area contributed by atoms with Crippen LogP contribution in [0.15, 0.2) is 28.6 Å². The monoisotopic (exact) mass is 319 g/mol. The quantitative estimate of drug-likeness (QED) is 0.556. The first-order valence-electron chi connectivity index (χ1n) is 6.38. The summed E-state index contributed by atoms with van der Waals surface area (Å²) < 4.78 is 0.923. The molecule has 8 heteroatoms. The smallest absolute Gasteiger partial charge is 0.272 e. The van der Waals surface area contributed by atoms with Crippen LogP contribution in [0.4, 0.5) is 0 Å². The van der Waals surface area contributed by atoms with E-state index in [2.05, 4.69) is 25.7 Å². The van der Waals surface area contributed by atoms with Crippen molar-refractivity contribution < 1.29 is 4.79 Å². The van der Waals surface area contributed by atoms with Crippen LogP contribution in [0.25, 0.3) is 10.9 Å². The fraction of sp³-hybridized carbons (Fsp3) is 0.231. The van der Waals surface area contributed by atoms with E-state index in [-0.39, 0.29) is 5.91 Å². The summed E-state index contributed by atoms with van der Waals surface area (Å²) in [6.07, 6.45) is 0. The number of aromatic amines is 1. The third-order valence-electron chi connectivity index (χ3n) is 2.81. The Kier molecular flexibility index (Phi) is 4.16. The van der Waals surface area contributed by atoms with Crippen LogP contribution in [0.5, 0.6) is 0 Å². The minimum atomic E-state index is -0.165. The number of nitrogens with one attached hydrogen (secondary N) is 2. The number of carbonyl (C=O) groups excluding carboxylic acids is 1. The van der Waals surface area contributed by atoms with Crippen LogP contribution in [-0.4, -0.2) is 38.6 Å². The van der Waals surface area contributed by atoms with Crippen LogP contribution in [0.1, 0.15) is 15.5 Å². The number of aromatic nitrogens is 4. The molecule has 0 radical (unpaired) electrons. The number of hydrogen-bond donors (Lipinski definition) is 2. The molecule has 0 atom stereocenters. The average Bonchev–Trinajstić information content (AvgIpc) is 3.09. The van der Waals surface area contributed by atoms with E-state index in [9.17, 15) is 4.79 Å². The highest BCUT2D eigenvalue weighted by Gasteiger charge is 2.13. The van der Waals surface area contributed by atoms with Gasteiger partial charge in [0, 0.05) is 17.7 Å². The highest BCUT2D eigenvalue weighted by atomic mass is 32.2. The van der Waals surface area contributed by atoms with Gasteiger partial charge in [0.1, 0.15) is 5.01 Å². The van der Waals surface area contributed by atoms with Crippen molar-refractivity contribution in [3.05, 3.63) is 35.0 Å². The van der Waals surface area contributed by atoms with Gasteiger partial charge >= 0.3 is 0 Å². The molecule has 1 aromatic carbocycles. The largest absolute Gasteiger partial charge is 0.350 e. The summed E-state index contributed by atoms with van der Waals surface area (Å²) in [6.45, 7) is 2.48. The van der Waals surface area contributed by atoms with Gasteiger partial charge in [0.15, 0.2) is 10.0 Å². The number of thioether (sulfide) groups is 1. The fourth-order valence-electron chi connectivity index (χ4n) is 1.86. The number of hydrogen-bond acceptors (Lipinski definition) is 6. The zero-order chi connectivity index (χ0) is 14.7. The van der Waals surface area contributed by atoms with Gasteiger partial charge in [-0.25, -0.2) is 0 Å². The number of fused-ring (bicyclic) bond motifs is 1. The molecule has 0 saturated heterocycles. The highest BCUT2D eigenvalue weighted by molar-refractivity contribution is 8.01. The number of H-pyrrole nitrogens is 1. The van der Waals surface area contributed by atoms with Crippen molar-refractivity contribution in [1.29, 1.82) is 0 Å². The van der Waals surface area contributed by atoms with Gasteiger partial charge in [0.25, 0.3) is 5.91 Å². The Labute approximate surface area is 129 Å². The summed E-state index contributed by atoms with van der Waals surface area (Å²) in [5.74, 6) is 0.587. The SMILES string of the molecule is Cc1nnc(SCCNC(=O)c2n[nH]c3ccccc23)s1. The Morgan fingerprint density at radius 1 is 1.38 bits per heavy atom. The summed E-state index contributed by atoms with van der Waals surface area (Å²) >= 11 is 3.14. The van der Waals surface area contributed by atoms with Crippen molar-refractivity contribution in [2.75, 3.05) is 12.3 Å². The van der Waals surface area contributed by atoms with Crippen molar-refractivity contribution in [2.45, 2.75) is 11.3 Å². The van der Waals surface area contributed by atoms with Crippen molar-refractivity contribution >= 4 is 39.9 Å². The van der Waals surface area contributed by atoms with Crippen molar-refractivity contribution in [2.24, 2.45) is 0 Å².